The first-order valence-corrected chi connectivity index (χ1v) is 14.0. The van der Waals surface area contributed by atoms with Crippen LogP contribution in [0.25, 0.3) is 0 Å². The molecule has 2 atom stereocenters. The predicted octanol–water partition coefficient (Wildman–Crippen LogP) is 4.33. The fourth-order valence-corrected chi connectivity index (χ4v) is 3.50. The summed E-state index contributed by atoms with van der Waals surface area (Å²) in [6, 6.07) is -0.317. The second-order valence-electron chi connectivity index (χ2n) is 9.72. The van der Waals surface area contributed by atoms with Gasteiger partial charge in [-0.15, -0.1) is 0 Å². The molecule has 2 fully saturated rings. The van der Waals surface area contributed by atoms with E-state index in [4.69, 9.17) is 10.00 Å². The number of unbranched alkanes of at least 4 members (excludes halogenated alkanes) is 1. The molecule has 0 radical (unpaired) electrons. The molecule has 0 aliphatic carbocycles. The lowest BCUT2D eigenvalue weighted by Crippen LogP contribution is -2.44. The molecule has 2 aliphatic heterocycles. The van der Waals surface area contributed by atoms with Crippen molar-refractivity contribution in [3.63, 3.8) is 0 Å². The monoisotopic (exact) mass is 541 g/mol. The molecule has 0 aromatic carbocycles. The normalized spacial score (nSPS) is 17.3. The van der Waals surface area contributed by atoms with Gasteiger partial charge < -0.3 is 25.5 Å². The molecule has 0 saturated carbocycles. The molecule has 38 heavy (non-hydrogen) atoms. The van der Waals surface area contributed by atoms with E-state index in [0.717, 1.165) is 58.0 Å². The molecule has 1 unspecified atom stereocenters. The second kappa shape index (κ2) is 26.0. The molecule has 0 bridgehead atoms. The Morgan fingerprint density at radius 3 is 2.24 bits per heavy atom. The Balaban J connectivity index is -0.000000480. The molecule has 2 heterocycles. The molecule has 2 saturated heterocycles. The zero-order valence-electron chi connectivity index (χ0n) is 25.2. The lowest BCUT2D eigenvalue weighted by Gasteiger charge is -2.24. The van der Waals surface area contributed by atoms with Crippen molar-refractivity contribution in [2.75, 3.05) is 26.7 Å². The summed E-state index contributed by atoms with van der Waals surface area (Å²) < 4.78 is 5.04. The van der Waals surface area contributed by atoms with Crippen LogP contribution in [0.2, 0.25) is 0 Å². The van der Waals surface area contributed by atoms with Crippen LogP contribution in [-0.2, 0) is 19.1 Å². The molecule has 2 aliphatic rings. The summed E-state index contributed by atoms with van der Waals surface area (Å²) in [5.74, 6) is 0.405. The number of rotatable bonds is 7. The Bertz CT molecular complexity index is 641. The Labute approximate surface area is 231 Å². The van der Waals surface area contributed by atoms with Crippen molar-refractivity contribution in [3.05, 3.63) is 0 Å². The number of carbonyl (C=O) groups is 4. The van der Waals surface area contributed by atoms with E-state index in [2.05, 4.69) is 27.4 Å². The van der Waals surface area contributed by atoms with Gasteiger partial charge in [-0.1, -0.05) is 46.5 Å². The van der Waals surface area contributed by atoms with E-state index < -0.39 is 17.7 Å². The summed E-state index contributed by atoms with van der Waals surface area (Å²) in [6.45, 7) is 19.5. The number of hydrogen-bond acceptors (Lipinski definition) is 7. The molecular formula is C28H55N5O5. The van der Waals surface area contributed by atoms with Crippen LogP contribution in [0, 0.1) is 11.8 Å². The van der Waals surface area contributed by atoms with Crippen LogP contribution in [-0.4, -0.2) is 73.5 Å². The number of likely N-dealkylation sites (tertiary alicyclic amines) is 1. The predicted molar refractivity (Wildman–Crippen MR) is 153 cm³/mol. The summed E-state index contributed by atoms with van der Waals surface area (Å²) in [4.78, 5) is 45.9. The van der Waals surface area contributed by atoms with Gasteiger partial charge >= 0.3 is 6.09 Å². The minimum atomic E-state index is -0.532. The van der Waals surface area contributed by atoms with Crippen molar-refractivity contribution in [2.24, 2.45) is 0 Å². The lowest BCUT2D eigenvalue weighted by molar-refractivity contribution is -0.126. The zero-order chi connectivity index (χ0) is 30.0. The van der Waals surface area contributed by atoms with Crippen molar-refractivity contribution in [2.45, 2.75) is 124 Å². The van der Waals surface area contributed by atoms with Gasteiger partial charge in [0.25, 0.3) is 0 Å². The van der Waals surface area contributed by atoms with Gasteiger partial charge in [0.05, 0.1) is 12.1 Å². The molecule has 0 aromatic rings. The zero-order valence-corrected chi connectivity index (χ0v) is 25.2. The van der Waals surface area contributed by atoms with Gasteiger partial charge in [0.1, 0.15) is 11.9 Å². The van der Waals surface area contributed by atoms with Crippen molar-refractivity contribution in [1.82, 2.24) is 20.9 Å². The summed E-state index contributed by atoms with van der Waals surface area (Å²) in [5.41, 5.74) is -0.526. The first kappa shape index (κ1) is 39.8. The van der Waals surface area contributed by atoms with E-state index in [1.807, 2.05) is 34.7 Å². The first-order valence-electron chi connectivity index (χ1n) is 14.0. The average molecular weight is 542 g/mol. The number of ether oxygens (including phenoxy) is 1. The van der Waals surface area contributed by atoms with Crippen LogP contribution in [0.3, 0.4) is 0 Å². The van der Waals surface area contributed by atoms with Crippen LogP contribution in [0.15, 0.2) is 0 Å². The largest absolute Gasteiger partial charge is 0.444 e. The highest BCUT2D eigenvalue weighted by atomic mass is 16.6. The summed E-state index contributed by atoms with van der Waals surface area (Å²) in [7, 11) is 2.05. The summed E-state index contributed by atoms with van der Waals surface area (Å²) in [5, 5.41) is 14.6. The van der Waals surface area contributed by atoms with E-state index >= 15 is 0 Å². The number of alkyl carbamates (subject to hydrolysis) is 1. The number of carbonyl (C=O) groups excluding carboxylic acids is 4. The standard InChI is InChI=1S/C11H21NO3.C10H20N2O.C4H7NO.C2H6.CHN/c1-5-6-7-9(8-13)12-10(14)15-11(2,3)4;1-3-11-10(13)9-7-5-4-6-8-12(9)2;6-4-2-1-3-5-4;2*1-2/h8-9H,5-7H2,1-4H3,(H,12,14);9H,3-8H2,1-2H3,(H,11,13);1-3H2,(H,5,6);1-2H3;1H/t9-;;;;/m0..../s1. The average Bonchev–Trinajstić information content (AvgIpc) is 3.26. The van der Waals surface area contributed by atoms with E-state index in [1.165, 1.54) is 19.3 Å². The SMILES string of the molecule is C#N.CC.CCCC[C@@H](C=O)NC(=O)OC(C)(C)C.CCNC(=O)C1CCCCCN1C.O=C1CCCN1. The minimum Gasteiger partial charge on any atom is -0.444 e. The first-order chi connectivity index (χ1) is 18.0. The Kier molecular flexibility index (Phi) is 27.2. The molecule has 10 nitrogen and oxygen atoms in total. The maximum absolute atomic E-state index is 11.6. The lowest BCUT2D eigenvalue weighted by atomic mass is 10.1. The van der Waals surface area contributed by atoms with Crippen LogP contribution >= 0.6 is 0 Å². The Morgan fingerprint density at radius 2 is 1.82 bits per heavy atom. The topological polar surface area (TPSA) is 141 Å². The molecule has 3 amide bonds. The van der Waals surface area contributed by atoms with Crippen molar-refractivity contribution in [3.8, 4) is 6.57 Å². The van der Waals surface area contributed by atoms with E-state index in [1.54, 1.807) is 20.8 Å². The summed E-state index contributed by atoms with van der Waals surface area (Å²) in [6.07, 6.45) is 9.26. The molecule has 3 N–H and O–H groups in total. The van der Waals surface area contributed by atoms with Crippen LogP contribution in [0.5, 0.6) is 0 Å². The Morgan fingerprint density at radius 1 is 1.18 bits per heavy atom. The van der Waals surface area contributed by atoms with Gasteiger partial charge in [-0.2, -0.15) is 0 Å². The number of nitrogens with zero attached hydrogens (tertiary/aromatic N) is 2. The van der Waals surface area contributed by atoms with Gasteiger partial charge in [-0.05, 0) is 67.0 Å². The third kappa shape index (κ3) is 23.7. The van der Waals surface area contributed by atoms with Gasteiger partial charge in [0, 0.05) is 26.1 Å². The van der Waals surface area contributed by atoms with E-state index in [9.17, 15) is 19.2 Å². The van der Waals surface area contributed by atoms with Gasteiger partial charge in [0.15, 0.2) is 0 Å². The van der Waals surface area contributed by atoms with Gasteiger partial charge in [-0.25, -0.2) is 10.1 Å². The Hall–Kier alpha value is -2.67. The third-order valence-corrected chi connectivity index (χ3v) is 5.31. The van der Waals surface area contributed by atoms with Crippen molar-refractivity contribution >= 4 is 24.2 Å². The minimum absolute atomic E-state index is 0.113. The number of aldehydes is 1. The van der Waals surface area contributed by atoms with Crippen LogP contribution in [0.1, 0.15) is 106 Å². The maximum atomic E-state index is 11.6. The molecule has 10 heteroatoms. The molecule has 0 spiro atoms. The maximum Gasteiger partial charge on any atom is 0.408 e. The van der Waals surface area contributed by atoms with E-state index in [-0.39, 0.29) is 17.9 Å². The number of hydrogen-bond donors (Lipinski definition) is 3. The smallest absolute Gasteiger partial charge is 0.408 e. The fourth-order valence-electron chi connectivity index (χ4n) is 3.50. The fraction of sp³-hybridized carbons (Fsp3) is 0.821. The number of amides is 3. The highest BCUT2D eigenvalue weighted by Gasteiger charge is 2.23. The van der Waals surface area contributed by atoms with Gasteiger partial charge in [-0.3, -0.25) is 14.5 Å². The van der Waals surface area contributed by atoms with Crippen molar-refractivity contribution < 1.29 is 23.9 Å². The molecule has 0 aromatic heterocycles. The summed E-state index contributed by atoms with van der Waals surface area (Å²) >= 11 is 0. The van der Waals surface area contributed by atoms with E-state index in [0.29, 0.717) is 6.42 Å². The van der Waals surface area contributed by atoms with Crippen molar-refractivity contribution in [1.29, 1.82) is 5.26 Å². The quantitative estimate of drug-likeness (QED) is 0.407. The van der Waals surface area contributed by atoms with Gasteiger partial charge in [0.2, 0.25) is 11.8 Å². The van der Waals surface area contributed by atoms with Crippen LogP contribution < -0.4 is 16.0 Å². The molecule has 2 rings (SSSR count). The number of nitrogens with one attached hydrogen (secondary N) is 3. The highest BCUT2D eigenvalue weighted by Crippen LogP contribution is 2.15. The highest BCUT2D eigenvalue weighted by molar-refractivity contribution is 5.81. The molecular weight excluding hydrogens is 486 g/mol. The van der Waals surface area contributed by atoms with Crippen LogP contribution in [0.4, 0.5) is 4.79 Å². The second-order valence-corrected chi connectivity index (χ2v) is 9.72. The third-order valence-electron chi connectivity index (χ3n) is 5.31. The molecule has 222 valence electrons. The number of nitriles is 1. The number of likely N-dealkylation sites (N-methyl/N-ethyl adjacent to an activating group) is 2.